The van der Waals surface area contributed by atoms with Crippen molar-refractivity contribution in [2.75, 3.05) is 11.9 Å². The molecule has 2 N–H and O–H groups in total. The monoisotopic (exact) mass is 249 g/mol. The minimum absolute atomic E-state index is 0.323. The van der Waals surface area contributed by atoms with E-state index in [1.165, 1.54) is 6.20 Å². The topological polar surface area (TPSA) is 58.0 Å². The molecule has 1 aromatic heterocycles. The molecule has 0 radical (unpaired) electrons. The summed E-state index contributed by atoms with van der Waals surface area (Å²) in [5.74, 6) is 0.549. The van der Waals surface area contributed by atoms with Gasteiger partial charge in [0.2, 0.25) is 0 Å². The highest BCUT2D eigenvalue weighted by Gasteiger charge is 2.06. The molecule has 0 amide bonds. The fourth-order valence-corrected chi connectivity index (χ4v) is 1.57. The molecule has 5 heteroatoms. The maximum absolute atomic E-state index is 9.91. The lowest BCUT2D eigenvalue weighted by Crippen LogP contribution is -2.13. The number of aliphatic hydroxyl groups excluding tert-OH is 1. The summed E-state index contributed by atoms with van der Waals surface area (Å²) in [6.45, 7) is 0.360. The van der Waals surface area contributed by atoms with E-state index in [2.05, 4.69) is 15.3 Å². The van der Waals surface area contributed by atoms with Crippen LogP contribution in [0.1, 0.15) is 11.7 Å². The molecule has 0 fully saturated rings. The average Bonchev–Trinajstić information content (AvgIpc) is 2.37. The van der Waals surface area contributed by atoms with Gasteiger partial charge < -0.3 is 10.4 Å². The number of hydrogen-bond donors (Lipinski definition) is 2. The summed E-state index contributed by atoms with van der Waals surface area (Å²) in [6, 6.07) is 9.42. The molecule has 0 aliphatic carbocycles. The third kappa shape index (κ3) is 3.41. The first-order chi connectivity index (χ1) is 8.25. The molecule has 0 bridgehead atoms. The fraction of sp³-hybridized carbons (Fsp3) is 0.167. The van der Waals surface area contributed by atoms with Crippen molar-refractivity contribution in [3.8, 4) is 0 Å². The van der Waals surface area contributed by atoms with Gasteiger partial charge in [-0.2, -0.15) is 0 Å². The van der Waals surface area contributed by atoms with Crippen LogP contribution in [0.15, 0.2) is 42.7 Å². The number of anilines is 1. The first-order valence-corrected chi connectivity index (χ1v) is 5.58. The molecule has 2 aromatic rings. The summed E-state index contributed by atoms with van der Waals surface area (Å²) in [7, 11) is 0. The molecule has 17 heavy (non-hydrogen) atoms. The van der Waals surface area contributed by atoms with Crippen LogP contribution in [0, 0.1) is 0 Å². The molecule has 0 spiro atoms. The quantitative estimate of drug-likeness (QED) is 0.873. The lowest BCUT2D eigenvalue weighted by molar-refractivity contribution is 0.191. The second-order valence-corrected chi connectivity index (χ2v) is 3.92. The Labute approximate surface area is 104 Å². The zero-order valence-electron chi connectivity index (χ0n) is 9.05. The average molecular weight is 250 g/mol. The predicted molar refractivity (Wildman–Crippen MR) is 66.9 cm³/mol. The number of rotatable bonds is 4. The number of nitrogens with one attached hydrogen (secondary N) is 1. The van der Waals surface area contributed by atoms with Gasteiger partial charge in [-0.25, -0.2) is 4.98 Å². The number of benzene rings is 1. The molecule has 0 saturated carbocycles. The smallest absolute Gasteiger partial charge is 0.149 e. The first kappa shape index (κ1) is 11.8. The lowest BCUT2D eigenvalue weighted by atomic mass is 10.1. The van der Waals surface area contributed by atoms with Crippen LogP contribution in [0.3, 0.4) is 0 Å². The number of nitrogens with zero attached hydrogens (tertiary/aromatic N) is 2. The minimum Gasteiger partial charge on any atom is -0.387 e. The van der Waals surface area contributed by atoms with E-state index in [4.69, 9.17) is 11.6 Å². The highest BCUT2D eigenvalue weighted by Crippen LogP contribution is 2.13. The summed E-state index contributed by atoms with van der Waals surface area (Å²) in [5.41, 5.74) is 0.856. The molecule has 2 rings (SSSR count). The maximum atomic E-state index is 9.91. The molecular formula is C12H12ClN3O. The van der Waals surface area contributed by atoms with Gasteiger partial charge in [0.1, 0.15) is 11.0 Å². The highest BCUT2D eigenvalue weighted by molar-refractivity contribution is 6.29. The Morgan fingerprint density at radius 1 is 1.24 bits per heavy atom. The van der Waals surface area contributed by atoms with Gasteiger partial charge in [-0.05, 0) is 5.56 Å². The van der Waals surface area contributed by atoms with Gasteiger partial charge >= 0.3 is 0 Å². The molecule has 88 valence electrons. The number of aromatic nitrogens is 2. The molecule has 1 heterocycles. The van der Waals surface area contributed by atoms with E-state index in [0.29, 0.717) is 17.5 Å². The summed E-state index contributed by atoms with van der Waals surface area (Å²) in [4.78, 5) is 7.92. The Hall–Kier alpha value is -1.65. The van der Waals surface area contributed by atoms with E-state index < -0.39 is 6.10 Å². The van der Waals surface area contributed by atoms with E-state index in [9.17, 15) is 5.11 Å². The molecule has 0 saturated heterocycles. The van der Waals surface area contributed by atoms with E-state index >= 15 is 0 Å². The van der Waals surface area contributed by atoms with Gasteiger partial charge in [0.05, 0.1) is 18.5 Å². The number of aliphatic hydroxyl groups is 1. The van der Waals surface area contributed by atoms with Crippen molar-refractivity contribution >= 4 is 17.4 Å². The van der Waals surface area contributed by atoms with E-state index in [1.807, 2.05) is 30.3 Å². The van der Waals surface area contributed by atoms with Gasteiger partial charge in [-0.1, -0.05) is 41.9 Å². The zero-order valence-corrected chi connectivity index (χ0v) is 9.80. The largest absolute Gasteiger partial charge is 0.387 e. The zero-order chi connectivity index (χ0) is 12.1. The second kappa shape index (κ2) is 5.61. The van der Waals surface area contributed by atoms with Crippen molar-refractivity contribution in [3.63, 3.8) is 0 Å². The molecule has 0 aliphatic rings. The minimum atomic E-state index is -0.586. The second-order valence-electron chi connectivity index (χ2n) is 3.53. The van der Waals surface area contributed by atoms with Crippen LogP contribution in [-0.4, -0.2) is 21.6 Å². The third-order valence-electron chi connectivity index (χ3n) is 2.27. The van der Waals surface area contributed by atoms with Crippen LogP contribution in [0.25, 0.3) is 0 Å². The summed E-state index contributed by atoms with van der Waals surface area (Å²) < 4.78 is 0. The van der Waals surface area contributed by atoms with Gasteiger partial charge in [0.25, 0.3) is 0 Å². The maximum Gasteiger partial charge on any atom is 0.149 e. The summed E-state index contributed by atoms with van der Waals surface area (Å²) in [5, 5.41) is 13.2. The van der Waals surface area contributed by atoms with Crippen molar-refractivity contribution in [3.05, 3.63) is 53.4 Å². The molecule has 1 aromatic carbocycles. The Balaban J connectivity index is 1.95. The van der Waals surface area contributed by atoms with Crippen LogP contribution in [0.2, 0.25) is 5.15 Å². The SMILES string of the molecule is OC(CNc1cncc(Cl)n1)c1ccccc1. The Morgan fingerprint density at radius 3 is 2.71 bits per heavy atom. The highest BCUT2D eigenvalue weighted by atomic mass is 35.5. The Kier molecular flexibility index (Phi) is 3.90. The Bertz CT molecular complexity index is 478. The molecular weight excluding hydrogens is 238 g/mol. The molecule has 4 nitrogen and oxygen atoms in total. The predicted octanol–water partition coefficient (Wildman–Crippen LogP) is 2.28. The molecule has 1 atom stereocenters. The van der Waals surface area contributed by atoms with Gasteiger partial charge in [0.15, 0.2) is 0 Å². The first-order valence-electron chi connectivity index (χ1n) is 5.20. The normalized spacial score (nSPS) is 12.1. The third-order valence-corrected chi connectivity index (χ3v) is 2.45. The molecule has 0 aliphatic heterocycles. The summed E-state index contributed by atoms with van der Waals surface area (Å²) >= 11 is 5.70. The number of hydrogen-bond acceptors (Lipinski definition) is 4. The van der Waals surface area contributed by atoms with E-state index in [1.54, 1.807) is 6.20 Å². The van der Waals surface area contributed by atoms with Crippen LogP contribution < -0.4 is 5.32 Å². The van der Waals surface area contributed by atoms with Crippen molar-refractivity contribution in [1.29, 1.82) is 0 Å². The lowest BCUT2D eigenvalue weighted by Gasteiger charge is -2.12. The van der Waals surface area contributed by atoms with E-state index in [-0.39, 0.29) is 0 Å². The van der Waals surface area contributed by atoms with E-state index in [0.717, 1.165) is 5.56 Å². The van der Waals surface area contributed by atoms with Crippen LogP contribution in [-0.2, 0) is 0 Å². The van der Waals surface area contributed by atoms with Crippen LogP contribution >= 0.6 is 11.6 Å². The molecule has 1 unspecified atom stereocenters. The number of halogens is 1. The van der Waals surface area contributed by atoms with Crippen LogP contribution in [0.4, 0.5) is 5.82 Å². The van der Waals surface area contributed by atoms with Gasteiger partial charge in [0, 0.05) is 6.54 Å². The summed E-state index contributed by atoms with van der Waals surface area (Å²) in [6.07, 6.45) is 2.43. The van der Waals surface area contributed by atoms with Crippen molar-refractivity contribution in [2.45, 2.75) is 6.10 Å². The fourth-order valence-electron chi connectivity index (χ4n) is 1.42. The van der Waals surface area contributed by atoms with Crippen molar-refractivity contribution in [1.82, 2.24) is 9.97 Å². The van der Waals surface area contributed by atoms with Crippen LogP contribution in [0.5, 0.6) is 0 Å². The standard InChI is InChI=1S/C12H12ClN3O/c13-11-7-14-8-12(16-11)15-6-10(17)9-4-2-1-3-5-9/h1-5,7-8,10,17H,6H2,(H,15,16). The van der Waals surface area contributed by atoms with Crippen molar-refractivity contribution < 1.29 is 5.11 Å². The Morgan fingerprint density at radius 2 is 2.00 bits per heavy atom. The van der Waals surface area contributed by atoms with Gasteiger partial charge in [-0.3, -0.25) is 4.98 Å². The van der Waals surface area contributed by atoms with Gasteiger partial charge in [-0.15, -0.1) is 0 Å². The van der Waals surface area contributed by atoms with Crippen molar-refractivity contribution in [2.24, 2.45) is 0 Å².